The van der Waals surface area contributed by atoms with Crippen LogP contribution in [0.3, 0.4) is 0 Å². The molecular formula is C26H32N4O3S. The van der Waals surface area contributed by atoms with E-state index in [9.17, 15) is 9.59 Å². The molecule has 4 rings (SSSR count). The van der Waals surface area contributed by atoms with E-state index in [0.717, 1.165) is 36.5 Å². The first kappa shape index (κ1) is 24.0. The van der Waals surface area contributed by atoms with Gasteiger partial charge in [-0.15, -0.1) is 0 Å². The highest BCUT2D eigenvalue weighted by atomic mass is 32.1. The molecule has 0 aliphatic carbocycles. The highest BCUT2D eigenvalue weighted by Crippen LogP contribution is 2.36. The van der Waals surface area contributed by atoms with Gasteiger partial charge in [-0.3, -0.25) is 0 Å². The van der Waals surface area contributed by atoms with Crippen LogP contribution in [0.25, 0.3) is 0 Å². The van der Waals surface area contributed by atoms with Crippen molar-refractivity contribution in [1.82, 2.24) is 10.2 Å². The van der Waals surface area contributed by atoms with Gasteiger partial charge < -0.3 is 25.6 Å². The van der Waals surface area contributed by atoms with E-state index >= 15 is 0 Å². The van der Waals surface area contributed by atoms with Gasteiger partial charge in [-0.1, -0.05) is 12.1 Å². The van der Waals surface area contributed by atoms with Crippen molar-refractivity contribution in [3.8, 4) is 0 Å². The lowest BCUT2D eigenvalue weighted by molar-refractivity contribution is 0.0526. The number of anilines is 2. The van der Waals surface area contributed by atoms with Gasteiger partial charge in [-0.2, -0.15) is 0 Å². The number of hydrogen-bond acceptors (Lipinski definition) is 4. The first-order valence-electron chi connectivity index (χ1n) is 11.8. The molecule has 2 amide bonds. The van der Waals surface area contributed by atoms with Crippen molar-refractivity contribution in [2.75, 3.05) is 17.2 Å². The number of esters is 1. The molecule has 2 aromatic rings. The Hall–Kier alpha value is -3.13. The molecule has 180 valence electrons. The molecule has 0 spiro atoms. The predicted molar refractivity (Wildman–Crippen MR) is 138 cm³/mol. The normalized spacial score (nSPS) is 21.0. The maximum Gasteiger partial charge on any atom is 0.338 e. The number of nitrogens with one attached hydrogen (secondary N) is 3. The van der Waals surface area contributed by atoms with Gasteiger partial charge in [-0.25, -0.2) is 9.59 Å². The Morgan fingerprint density at radius 3 is 2.35 bits per heavy atom. The van der Waals surface area contributed by atoms with Gasteiger partial charge >= 0.3 is 12.0 Å². The van der Waals surface area contributed by atoms with E-state index in [1.807, 2.05) is 0 Å². The summed E-state index contributed by atoms with van der Waals surface area (Å²) in [4.78, 5) is 26.7. The number of hydrogen-bond donors (Lipinski definition) is 3. The number of fused-ring (bicyclic) bond motifs is 2. The quantitative estimate of drug-likeness (QED) is 0.413. The Balaban J connectivity index is 1.31. The predicted octanol–water partition coefficient (Wildman–Crippen LogP) is 4.99. The van der Waals surface area contributed by atoms with Crippen molar-refractivity contribution < 1.29 is 14.3 Å². The van der Waals surface area contributed by atoms with Crippen molar-refractivity contribution in [1.29, 1.82) is 0 Å². The molecule has 0 aromatic heterocycles. The van der Waals surface area contributed by atoms with Crippen LogP contribution in [0.5, 0.6) is 0 Å². The molecule has 2 aliphatic heterocycles. The molecule has 7 nitrogen and oxygen atoms in total. The van der Waals surface area contributed by atoms with Crippen LogP contribution < -0.4 is 16.0 Å². The fourth-order valence-electron chi connectivity index (χ4n) is 4.93. The molecule has 0 saturated carbocycles. The number of piperidine rings is 1. The molecule has 3 atom stereocenters. The first-order valence-corrected chi connectivity index (χ1v) is 12.3. The van der Waals surface area contributed by atoms with Crippen molar-refractivity contribution in [2.45, 2.75) is 64.6 Å². The van der Waals surface area contributed by atoms with E-state index in [4.69, 9.17) is 17.0 Å². The van der Waals surface area contributed by atoms with Crippen molar-refractivity contribution in [2.24, 2.45) is 0 Å². The van der Waals surface area contributed by atoms with E-state index in [-0.39, 0.29) is 18.0 Å². The molecule has 8 heteroatoms. The minimum absolute atomic E-state index is 0.0936. The third-order valence-electron chi connectivity index (χ3n) is 6.59. The number of carbonyl (C=O) groups excluding carboxylic acids is 2. The second-order valence-corrected chi connectivity index (χ2v) is 9.49. The van der Waals surface area contributed by atoms with Crippen molar-refractivity contribution >= 4 is 40.7 Å². The zero-order valence-electron chi connectivity index (χ0n) is 19.9. The smallest absolute Gasteiger partial charge is 0.338 e. The Bertz CT molecular complexity index is 1060. The van der Waals surface area contributed by atoms with Crippen LogP contribution in [0, 0.1) is 13.8 Å². The third kappa shape index (κ3) is 5.50. The number of carbonyl (C=O) groups is 2. The van der Waals surface area contributed by atoms with Gasteiger partial charge in [0.15, 0.2) is 5.11 Å². The first-order chi connectivity index (χ1) is 16.3. The Morgan fingerprint density at radius 1 is 1.03 bits per heavy atom. The van der Waals surface area contributed by atoms with Gasteiger partial charge in [0.25, 0.3) is 0 Å². The molecule has 2 saturated heterocycles. The number of nitrogens with zero attached hydrogens (tertiary/aromatic N) is 1. The lowest BCUT2D eigenvalue weighted by Crippen LogP contribution is -2.54. The second-order valence-electron chi connectivity index (χ2n) is 9.11. The van der Waals surface area contributed by atoms with Crippen LogP contribution in [0.1, 0.15) is 54.1 Å². The maximum atomic E-state index is 12.6. The molecule has 2 fully saturated rings. The Morgan fingerprint density at radius 2 is 1.71 bits per heavy atom. The second kappa shape index (κ2) is 10.4. The molecule has 2 bridgehead atoms. The van der Waals surface area contributed by atoms with Gasteiger partial charge in [0, 0.05) is 29.5 Å². The van der Waals surface area contributed by atoms with Crippen LogP contribution in [-0.4, -0.2) is 46.7 Å². The average Bonchev–Trinajstić information content (AvgIpc) is 3.07. The lowest BCUT2D eigenvalue weighted by Gasteiger charge is -2.40. The molecule has 1 unspecified atom stereocenters. The summed E-state index contributed by atoms with van der Waals surface area (Å²) in [5.41, 5.74) is 4.51. The molecule has 2 aromatic carbocycles. The molecule has 34 heavy (non-hydrogen) atoms. The number of benzene rings is 2. The van der Waals surface area contributed by atoms with Crippen LogP contribution in [0.2, 0.25) is 0 Å². The maximum absolute atomic E-state index is 12.6. The van der Waals surface area contributed by atoms with E-state index in [2.05, 4.69) is 52.9 Å². The zero-order chi connectivity index (χ0) is 24.2. The number of amides is 2. The number of ether oxygens (including phenoxy) is 1. The highest BCUT2D eigenvalue weighted by Gasteiger charge is 2.42. The molecule has 2 aliphatic rings. The SMILES string of the molecule is CCOC(=O)c1ccc(NC(=O)NC2C[C@H]3CC[C@@H](C2)N3C(=S)Nc2cc(C)ccc2C)cc1. The summed E-state index contributed by atoms with van der Waals surface area (Å²) in [5, 5.41) is 10.2. The fraction of sp³-hybridized carbons (Fsp3) is 0.423. The Labute approximate surface area is 206 Å². The average molecular weight is 481 g/mol. The molecule has 2 heterocycles. The van der Waals surface area contributed by atoms with Crippen LogP contribution in [0.15, 0.2) is 42.5 Å². The van der Waals surface area contributed by atoms with E-state index < -0.39 is 0 Å². The van der Waals surface area contributed by atoms with Crippen molar-refractivity contribution in [3.63, 3.8) is 0 Å². The molecule has 0 radical (unpaired) electrons. The minimum atomic E-state index is -0.370. The van der Waals surface area contributed by atoms with Crippen LogP contribution in [-0.2, 0) is 4.74 Å². The highest BCUT2D eigenvalue weighted by molar-refractivity contribution is 7.80. The number of rotatable bonds is 5. The van der Waals surface area contributed by atoms with Gasteiger partial charge in [0.1, 0.15) is 0 Å². The number of thiocarbonyl (C=S) groups is 1. The summed E-state index contributed by atoms with van der Waals surface area (Å²) >= 11 is 5.79. The lowest BCUT2D eigenvalue weighted by atomic mass is 9.98. The minimum Gasteiger partial charge on any atom is -0.462 e. The monoisotopic (exact) mass is 480 g/mol. The summed E-state index contributed by atoms with van der Waals surface area (Å²) in [6.45, 7) is 6.25. The fourth-order valence-corrected chi connectivity index (χ4v) is 5.34. The van der Waals surface area contributed by atoms with Crippen molar-refractivity contribution in [3.05, 3.63) is 59.2 Å². The molecule has 3 N–H and O–H groups in total. The zero-order valence-corrected chi connectivity index (χ0v) is 20.7. The summed E-state index contributed by atoms with van der Waals surface area (Å²) in [6.07, 6.45) is 3.88. The Kier molecular flexibility index (Phi) is 7.36. The van der Waals surface area contributed by atoms with Gasteiger partial charge in [0.2, 0.25) is 0 Å². The summed E-state index contributed by atoms with van der Waals surface area (Å²) in [6, 6.07) is 13.5. The van der Waals surface area contributed by atoms with E-state index in [1.54, 1.807) is 31.2 Å². The largest absolute Gasteiger partial charge is 0.462 e. The number of urea groups is 1. The van der Waals surface area contributed by atoms with E-state index in [1.165, 1.54) is 11.1 Å². The summed E-state index contributed by atoms with van der Waals surface area (Å²) < 4.78 is 4.99. The van der Waals surface area contributed by atoms with Crippen LogP contribution in [0.4, 0.5) is 16.2 Å². The molecular weight excluding hydrogens is 448 g/mol. The van der Waals surface area contributed by atoms with Gasteiger partial charge in [0.05, 0.1) is 12.2 Å². The number of aryl methyl sites for hydroxylation is 2. The third-order valence-corrected chi connectivity index (χ3v) is 6.90. The van der Waals surface area contributed by atoms with E-state index in [0.29, 0.717) is 29.9 Å². The van der Waals surface area contributed by atoms with Crippen LogP contribution >= 0.6 is 12.2 Å². The summed E-state index contributed by atoms with van der Waals surface area (Å²) in [7, 11) is 0. The summed E-state index contributed by atoms with van der Waals surface area (Å²) in [5.74, 6) is -0.370. The van der Waals surface area contributed by atoms with Gasteiger partial charge in [-0.05, 0) is 100 Å². The topological polar surface area (TPSA) is 82.7 Å². The standard InChI is InChI=1S/C26H32N4O3S/c1-4-33-24(31)18-7-9-19(10-8-18)27-25(32)28-20-14-21-11-12-22(15-20)30(21)26(34)29-23-13-16(2)5-6-17(23)3/h5-10,13,20-22H,4,11-12,14-15H2,1-3H3,(H,29,34)(H2,27,28,32)/t20?,21-,22+.